The number of nitrogens with one attached hydrogen (secondary N) is 4. The summed E-state index contributed by atoms with van der Waals surface area (Å²) < 4.78 is 18.6. The van der Waals surface area contributed by atoms with Crippen LogP contribution in [0.3, 0.4) is 0 Å². The average Bonchev–Trinajstić information content (AvgIpc) is 3.90. The number of unbranched alkanes of at least 4 members (excludes halogenated alkanes) is 3. The lowest BCUT2D eigenvalue weighted by molar-refractivity contribution is -0.199. The van der Waals surface area contributed by atoms with Crippen molar-refractivity contribution in [1.29, 1.82) is 0 Å². The summed E-state index contributed by atoms with van der Waals surface area (Å²) in [5, 5.41) is 11.6. The second-order valence-electron chi connectivity index (χ2n) is 21.0. The highest BCUT2D eigenvalue weighted by molar-refractivity contribution is 6.48. The normalized spacial score (nSPS) is 23.9. The summed E-state index contributed by atoms with van der Waals surface area (Å²) in [6, 6.07) is 5.43. The molecule has 17 nitrogen and oxygen atoms in total. The monoisotopic (exact) mass is 935 g/mol. The molecule has 1 aromatic carbocycles. The van der Waals surface area contributed by atoms with Gasteiger partial charge in [-0.1, -0.05) is 32.4 Å². The Morgan fingerprint density at radius 1 is 0.925 bits per heavy atom. The Labute approximate surface area is 398 Å². The van der Waals surface area contributed by atoms with Crippen LogP contribution in [-0.2, 0) is 44.6 Å². The zero-order chi connectivity index (χ0) is 49.1. The van der Waals surface area contributed by atoms with Gasteiger partial charge in [0.1, 0.15) is 17.7 Å². The lowest BCUT2D eigenvalue weighted by Crippen LogP contribution is -2.65. The van der Waals surface area contributed by atoms with Gasteiger partial charge in [0.05, 0.1) is 17.6 Å². The fraction of sp³-hybridized carbons (Fsp3) is 0.735. The molecular weight excluding hydrogens is 855 g/mol. The van der Waals surface area contributed by atoms with Gasteiger partial charge in [-0.2, -0.15) is 0 Å². The molecule has 67 heavy (non-hydrogen) atoms. The van der Waals surface area contributed by atoms with E-state index in [1.165, 1.54) is 0 Å². The minimum atomic E-state index is -0.751. The molecule has 2 bridgehead atoms. The molecule has 0 aromatic heterocycles. The number of guanidine groups is 1. The van der Waals surface area contributed by atoms with E-state index < -0.39 is 24.8 Å². The molecule has 5 aliphatic rings. The van der Waals surface area contributed by atoms with Gasteiger partial charge in [-0.15, -0.1) is 0 Å². The summed E-state index contributed by atoms with van der Waals surface area (Å²) in [6.07, 6.45) is 8.50. The van der Waals surface area contributed by atoms with Gasteiger partial charge in [0.15, 0.2) is 5.96 Å². The maximum atomic E-state index is 13.7. The van der Waals surface area contributed by atoms with Crippen molar-refractivity contribution in [3.63, 3.8) is 0 Å². The Morgan fingerprint density at radius 2 is 1.61 bits per heavy atom. The van der Waals surface area contributed by atoms with Crippen molar-refractivity contribution < 1.29 is 42.8 Å². The fourth-order valence-corrected chi connectivity index (χ4v) is 10.1. The Hall–Kier alpha value is -4.71. The number of rotatable bonds is 23. The Morgan fingerprint density at radius 3 is 2.30 bits per heavy atom. The molecule has 2 saturated heterocycles. The Balaban J connectivity index is 0.979. The average molecular weight is 935 g/mol. The van der Waals surface area contributed by atoms with Crippen LogP contribution in [0, 0.1) is 17.3 Å². The number of carbonyl (C=O) groups is 6. The number of hydrogen-bond acceptors (Lipinski definition) is 10. The van der Waals surface area contributed by atoms with Crippen LogP contribution in [0.1, 0.15) is 154 Å². The number of esters is 1. The zero-order valence-electron chi connectivity index (χ0n) is 41.7. The van der Waals surface area contributed by atoms with E-state index in [4.69, 9.17) is 19.8 Å². The largest absolute Gasteiger partial charge is 0.481 e. The number of nitrogens with two attached hydrogens (primary N) is 1. The van der Waals surface area contributed by atoms with Crippen molar-refractivity contribution in [2.75, 3.05) is 33.7 Å². The molecule has 7 atom stereocenters. The second-order valence-corrected chi connectivity index (χ2v) is 21.0. The summed E-state index contributed by atoms with van der Waals surface area (Å²) in [6.45, 7) is 15.7. The number of benzene rings is 1. The summed E-state index contributed by atoms with van der Waals surface area (Å²) in [7, 11) is 3.12. The molecular formula is C49H79BN8O9. The number of likely N-dealkylation sites (tertiary alicyclic amines) is 1. The van der Waals surface area contributed by atoms with Crippen LogP contribution in [0.4, 0.5) is 0 Å². The second kappa shape index (κ2) is 23.5. The summed E-state index contributed by atoms with van der Waals surface area (Å²) >= 11 is 0. The number of hydrogen-bond donors (Lipinski definition) is 5. The van der Waals surface area contributed by atoms with Crippen LogP contribution in [0.2, 0.25) is 0 Å². The molecule has 3 aliphatic carbocycles. The highest BCUT2D eigenvalue weighted by Crippen LogP contribution is 2.66. The SMILES string of the molecule is C[C@@H](NC(=O)c1ccc(CNC(=O)CCCCNC(=O)[C@H](CCCN=C(N)N(C)C)NC(=O)CCCCCC(=O)OC(C)(C)C)cc1)C(=O)N1CCC[C@H]1B1OC2C[C@@H]3C[C@@H](C3(C)C)[C@]2(C)O1. The van der Waals surface area contributed by atoms with E-state index in [0.717, 1.165) is 31.2 Å². The molecule has 6 rings (SSSR count). The Bertz CT molecular complexity index is 1920. The van der Waals surface area contributed by atoms with Crippen LogP contribution in [0.25, 0.3) is 0 Å². The molecule has 1 aromatic rings. The quantitative estimate of drug-likeness (QED) is 0.0340. The van der Waals surface area contributed by atoms with Crippen molar-refractivity contribution >= 4 is 48.6 Å². The van der Waals surface area contributed by atoms with Gasteiger partial charge >= 0.3 is 13.1 Å². The van der Waals surface area contributed by atoms with Gasteiger partial charge in [-0.3, -0.25) is 33.8 Å². The van der Waals surface area contributed by atoms with Crippen molar-refractivity contribution in [3.8, 4) is 0 Å². The number of nitrogens with zero attached hydrogens (tertiary/aromatic N) is 3. The first-order chi connectivity index (χ1) is 31.6. The minimum absolute atomic E-state index is 0.0414. The summed E-state index contributed by atoms with van der Waals surface area (Å²) in [5.74, 6) is -0.187. The van der Waals surface area contributed by atoms with Crippen molar-refractivity contribution in [2.45, 2.75) is 180 Å². The van der Waals surface area contributed by atoms with Gasteiger partial charge in [0.2, 0.25) is 23.6 Å². The van der Waals surface area contributed by atoms with Crippen LogP contribution in [0.5, 0.6) is 0 Å². The van der Waals surface area contributed by atoms with Gasteiger partial charge in [-0.25, -0.2) is 0 Å². The third kappa shape index (κ3) is 14.6. The topological polar surface area (TPSA) is 223 Å². The summed E-state index contributed by atoms with van der Waals surface area (Å²) in [5.41, 5.74) is 6.47. The van der Waals surface area contributed by atoms with Gasteiger partial charge in [-0.05, 0) is 134 Å². The van der Waals surface area contributed by atoms with Crippen LogP contribution < -0.4 is 27.0 Å². The fourth-order valence-electron chi connectivity index (χ4n) is 10.1. The molecule has 2 aliphatic heterocycles. The highest BCUT2D eigenvalue weighted by atomic mass is 16.7. The minimum Gasteiger partial charge on any atom is -0.460 e. The van der Waals surface area contributed by atoms with Crippen LogP contribution >= 0.6 is 0 Å². The first kappa shape index (κ1) is 53.3. The van der Waals surface area contributed by atoms with Gasteiger partial charge < -0.3 is 50.8 Å². The van der Waals surface area contributed by atoms with Crippen molar-refractivity contribution in [3.05, 3.63) is 35.4 Å². The maximum Gasteiger partial charge on any atom is 0.481 e. The number of ether oxygens (including phenoxy) is 1. The molecule has 1 unspecified atom stereocenters. The van der Waals surface area contributed by atoms with E-state index in [9.17, 15) is 28.8 Å². The molecule has 372 valence electrons. The molecule has 2 heterocycles. The Kier molecular flexibility index (Phi) is 18.7. The first-order valence-corrected chi connectivity index (χ1v) is 24.7. The molecule has 3 saturated carbocycles. The molecule has 5 amide bonds. The van der Waals surface area contributed by atoms with E-state index in [1.54, 1.807) is 50.2 Å². The van der Waals surface area contributed by atoms with Gasteiger partial charge in [0, 0.05) is 65.1 Å². The number of aliphatic imine (C=N–C) groups is 1. The smallest absolute Gasteiger partial charge is 0.460 e. The van der Waals surface area contributed by atoms with E-state index in [-0.39, 0.29) is 84.4 Å². The lowest BCUT2D eigenvalue weighted by atomic mass is 9.43. The number of amides is 5. The zero-order valence-corrected chi connectivity index (χ0v) is 41.7. The van der Waals surface area contributed by atoms with E-state index >= 15 is 0 Å². The summed E-state index contributed by atoms with van der Waals surface area (Å²) in [4.78, 5) is 85.5. The van der Waals surface area contributed by atoms with Gasteiger partial charge in [0.25, 0.3) is 5.91 Å². The molecule has 5 fully saturated rings. The predicted octanol–water partition coefficient (Wildman–Crippen LogP) is 4.40. The highest BCUT2D eigenvalue weighted by Gasteiger charge is 2.69. The van der Waals surface area contributed by atoms with E-state index in [1.807, 2.05) is 25.7 Å². The molecule has 0 spiro atoms. The van der Waals surface area contributed by atoms with Crippen molar-refractivity contribution in [1.82, 2.24) is 31.1 Å². The van der Waals surface area contributed by atoms with Crippen molar-refractivity contribution in [2.24, 2.45) is 28.0 Å². The number of carbonyl (C=O) groups excluding carboxylic acids is 6. The lowest BCUT2D eigenvalue weighted by Gasteiger charge is -2.64. The molecule has 0 radical (unpaired) electrons. The predicted molar refractivity (Wildman–Crippen MR) is 257 cm³/mol. The third-order valence-corrected chi connectivity index (χ3v) is 14.2. The first-order valence-electron chi connectivity index (χ1n) is 24.7. The van der Waals surface area contributed by atoms with E-state index in [0.29, 0.717) is 87.9 Å². The van der Waals surface area contributed by atoms with Crippen LogP contribution in [0.15, 0.2) is 29.3 Å². The van der Waals surface area contributed by atoms with E-state index in [2.05, 4.69) is 47.0 Å². The van der Waals surface area contributed by atoms with Crippen LogP contribution in [-0.4, -0.2) is 127 Å². The molecule has 6 N–H and O–H groups in total. The molecule has 18 heteroatoms. The standard InChI is InChI=1S/C49H79BN8O9/c1-32(45(64)58-28-16-18-39(58)50-66-38-30-35-29-37(48(35,5)6)49(38,7)67-50)55-43(62)34-24-22-33(23-25-34)31-54-40(59)19-13-14-26-52-44(63)36(17-15-27-53-46(51)57(8)9)56-41(60)20-11-10-12-21-42(61)65-47(2,3)4/h22-25,32,35-39H,10-21,26-31H2,1-9H3,(H2,51,53)(H,52,63)(H,54,59)(H,55,62)(H,56,60)/t32-,35+,36+,37+,38?,39+,49+/m1/s1. The maximum absolute atomic E-state index is 13.7. The third-order valence-electron chi connectivity index (χ3n) is 14.2.